The number of anilines is 2. The van der Waals surface area contributed by atoms with Gasteiger partial charge >= 0.3 is 0 Å². The molecule has 0 amide bonds. The van der Waals surface area contributed by atoms with Crippen molar-refractivity contribution in [1.29, 1.82) is 0 Å². The fourth-order valence-corrected chi connectivity index (χ4v) is 2.21. The Bertz CT molecular complexity index is 593. The molecule has 0 unspecified atom stereocenters. The van der Waals surface area contributed by atoms with Crippen molar-refractivity contribution < 1.29 is 0 Å². The van der Waals surface area contributed by atoms with Crippen LogP contribution in [0.1, 0.15) is 11.1 Å². The predicted molar refractivity (Wildman–Crippen MR) is 85.0 cm³/mol. The summed E-state index contributed by atoms with van der Waals surface area (Å²) in [5.74, 6) is 0. The second kappa shape index (κ2) is 5.99. The van der Waals surface area contributed by atoms with Crippen LogP contribution in [0.25, 0.3) is 0 Å². The van der Waals surface area contributed by atoms with E-state index in [1.807, 2.05) is 32.0 Å². The van der Waals surface area contributed by atoms with Crippen molar-refractivity contribution in [3.8, 4) is 0 Å². The first-order valence-corrected chi connectivity index (χ1v) is 6.60. The molecule has 2 N–H and O–H groups in total. The van der Waals surface area contributed by atoms with Gasteiger partial charge in [0.05, 0.1) is 5.69 Å². The van der Waals surface area contributed by atoms with E-state index in [0.717, 1.165) is 5.69 Å². The first kappa shape index (κ1) is 13.8. The minimum absolute atomic E-state index is 0.395. The highest BCUT2D eigenvalue weighted by atomic mass is 35.5. The van der Waals surface area contributed by atoms with Crippen LogP contribution in [-0.2, 0) is 0 Å². The lowest BCUT2D eigenvalue weighted by Crippen LogP contribution is -2.19. The van der Waals surface area contributed by atoms with E-state index in [1.165, 1.54) is 11.1 Å². The lowest BCUT2D eigenvalue weighted by atomic mass is 10.1. The lowest BCUT2D eigenvalue weighted by molar-refractivity contribution is 1.33. The van der Waals surface area contributed by atoms with E-state index in [9.17, 15) is 0 Å². The maximum atomic E-state index is 5.96. The average Bonchev–Trinajstić information content (AvgIpc) is 2.30. The Morgan fingerprint density at radius 2 is 1.84 bits per heavy atom. The van der Waals surface area contributed by atoms with Crippen molar-refractivity contribution in [3.05, 3.63) is 52.8 Å². The highest BCUT2D eigenvalue weighted by Gasteiger charge is 2.03. The van der Waals surface area contributed by atoms with Crippen molar-refractivity contribution in [2.45, 2.75) is 13.8 Å². The van der Waals surface area contributed by atoms with E-state index < -0.39 is 0 Å². The monoisotopic (exact) mass is 291 g/mol. The molecular weight excluding hydrogens is 278 g/mol. The molecule has 98 valence electrons. The number of pyridine rings is 1. The Balaban J connectivity index is 2.07. The number of hydrogen-bond acceptors (Lipinski definition) is 2. The van der Waals surface area contributed by atoms with E-state index in [2.05, 4.69) is 21.7 Å². The number of hydrogen-bond donors (Lipinski definition) is 2. The summed E-state index contributed by atoms with van der Waals surface area (Å²) >= 11 is 11.2. The lowest BCUT2D eigenvalue weighted by Gasteiger charge is -2.12. The fraction of sp³-hybridized carbons (Fsp3) is 0.143. The maximum Gasteiger partial charge on any atom is 0.175 e. The van der Waals surface area contributed by atoms with Crippen molar-refractivity contribution in [2.24, 2.45) is 0 Å². The maximum absolute atomic E-state index is 5.96. The van der Waals surface area contributed by atoms with Crippen molar-refractivity contribution >= 4 is 40.3 Å². The smallest absolute Gasteiger partial charge is 0.175 e. The normalized spacial score (nSPS) is 10.1. The second-order valence-electron chi connectivity index (χ2n) is 4.30. The average molecular weight is 292 g/mol. The number of rotatable bonds is 2. The van der Waals surface area contributed by atoms with Crippen LogP contribution in [0.3, 0.4) is 0 Å². The van der Waals surface area contributed by atoms with Crippen LogP contribution in [0.4, 0.5) is 11.4 Å². The summed E-state index contributed by atoms with van der Waals surface area (Å²) in [4.78, 5) is 3.98. The summed E-state index contributed by atoms with van der Waals surface area (Å²) in [5, 5.41) is 7.04. The van der Waals surface area contributed by atoms with E-state index >= 15 is 0 Å². The molecule has 3 nitrogen and oxygen atoms in total. The molecule has 0 atom stereocenters. The van der Waals surface area contributed by atoms with Gasteiger partial charge in [-0.1, -0.05) is 17.7 Å². The van der Waals surface area contributed by atoms with Crippen LogP contribution < -0.4 is 10.6 Å². The van der Waals surface area contributed by atoms with Crippen LogP contribution in [0.2, 0.25) is 5.15 Å². The van der Waals surface area contributed by atoms with Crippen LogP contribution in [0, 0.1) is 13.8 Å². The van der Waals surface area contributed by atoms with Gasteiger partial charge in [0.2, 0.25) is 0 Å². The number of nitrogens with one attached hydrogen (secondary N) is 2. The van der Waals surface area contributed by atoms with Crippen molar-refractivity contribution in [3.63, 3.8) is 0 Å². The number of thiocarbonyl (C=S) groups is 1. The summed E-state index contributed by atoms with van der Waals surface area (Å²) in [6, 6.07) is 9.80. The summed E-state index contributed by atoms with van der Waals surface area (Å²) in [5.41, 5.74) is 4.01. The predicted octanol–water partition coefficient (Wildman–Crippen LogP) is 4.16. The third-order valence-corrected chi connectivity index (χ3v) is 2.99. The van der Waals surface area contributed by atoms with Gasteiger partial charge in [0.25, 0.3) is 0 Å². The zero-order valence-corrected chi connectivity index (χ0v) is 12.3. The van der Waals surface area contributed by atoms with Crippen molar-refractivity contribution in [1.82, 2.24) is 4.98 Å². The molecule has 0 aliphatic carbocycles. The van der Waals surface area contributed by atoms with Gasteiger partial charge in [-0.05, 0) is 61.5 Å². The Morgan fingerprint density at radius 1 is 1.16 bits per heavy atom. The molecule has 0 aliphatic rings. The molecule has 0 bridgehead atoms. The molecule has 2 rings (SSSR count). The Hall–Kier alpha value is -1.65. The van der Waals surface area contributed by atoms with Gasteiger partial charge in [0, 0.05) is 11.9 Å². The van der Waals surface area contributed by atoms with Gasteiger partial charge in [0.1, 0.15) is 0 Å². The zero-order chi connectivity index (χ0) is 13.8. The number of aryl methyl sites for hydroxylation is 2. The Kier molecular flexibility index (Phi) is 4.35. The van der Waals surface area contributed by atoms with Gasteiger partial charge in [-0.2, -0.15) is 0 Å². The molecule has 0 fully saturated rings. The number of benzene rings is 1. The van der Waals surface area contributed by atoms with Gasteiger partial charge in [-0.25, -0.2) is 4.98 Å². The van der Waals surface area contributed by atoms with Gasteiger partial charge in [-0.3, -0.25) is 0 Å². The van der Waals surface area contributed by atoms with Crippen LogP contribution in [0.15, 0.2) is 36.5 Å². The first-order valence-electron chi connectivity index (χ1n) is 5.81. The number of nitrogens with zero attached hydrogens (tertiary/aromatic N) is 1. The fourth-order valence-electron chi connectivity index (χ4n) is 1.81. The third kappa shape index (κ3) is 3.91. The number of halogens is 1. The minimum atomic E-state index is 0.395. The minimum Gasteiger partial charge on any atom is -0.332 e. The molecule has 0 spiro atoms. The van der Waals surface area contributed by atoms with Crippen LogP contribution in [-0.4, -0.2) is 10.1 Å². The summed E-state index contributed by atoms with van der Waals surface area (Å²) < 4.78 is 0. The molecule has 1 heterocycles. The zero-order valence-electron chi connectivity index (χ0n) is 10.7. The standard InChI is InChI=1S/C14H14ClN3S/c1-9-6-10(2)8-11(7-9)17-14(19)18-12-4-3-5-16-13(12)15/h3-8H,1-2H3,(H2,17,18,19). The molecule has 0 radical (unpaired) electrons. The molecule has 0 saturated carbocycles. The molecule has 1 aromatic heterocycles. The summed E-state index contributed by atoms with van der Waals surface area (Å²) in [6.07, 6.45) is 1.63. The molecule has 0 saturated heterocycles. The summed E-state index contributed by atoms with van der Waals surface area (Å²) in [6.45, 7) is 4.10. The molecule has 0 aliphatic heterocycles. The molecular formula is C14H14ClN3S. The quantitative estimate of drug-likeness (QED) is 0.643. The Labute approximate surface area is 123 Å². The highest BCUT2D eigenvalue weighted by molar-refractivity contribution is 7.80. The van der Waals surface area contributed by atoms with Crippen LogP contribution in [0.5, 0.6) is 0 Å². The van der Waals surface area contributed by atoms with Gasteiger partial charge in [-0.15, -0.1) is 0 Å². The van der Waals surface area contributed by atoms with E-state index in [4.69, 9.17) is 23.8 Å². The first-order chi connectivity index (χ1) is 9.04. The highest BCUT2D eigenvalue weighted by Crippen LogP contribution is 2.18. The molecule has 1 aromatic carbocycles. The van der Waals surface area contributed by atoms with Gasteiger partial charge in [0.15, 0.2) is 10.3 Å². The van der Waals surface area contributed by atoms with Crippen molar-refractivity contribution in [2.75, 3.05) is 10.6 Å². The number of aromatic nitrogens is 1. The second-order valence-corrected chi connectivity index (χ2v) is 5.06. The Morgan fingerprint density at radius 3 is 2.47 bits per heavy atom. The topological polar surface area (TPSA) is 37.0 Å². The molecule has 5 heteroatoms. The molecule has 2 aromatic rings. The van der Waals surface area contributed by atoms with Crippen LogP contribution >= 0.6 is 23.8 Å². The third-order valence-electron chi connectivity index (χ3n) is 2.49. The summed E-state index contributed by atoms with van der Waals surface area (Å²) in [7, 11) is 0. The van der Waals surface area contributed by atoms with E-state index in [1.54, 1.807) is 12.3 Å². The SMILES string of the molecule is Cc1cc(C)cc(NC(=S)Nc2cccnc2Cl)c1. The van der Waals surface area contributed by atoms with Gasteiger partial charge < -0.3 is 10.6 Å². The molecule has 19 heavy (non-hydrogen) atoms. The largest absolute Gasteiger partial charge is 0.332 e. The van der Waals surface area contributed by atoms with E-state index in [-0.39, 0.29) is 0 Å². The van der Waals surface area contributed by atoms with E-state index in [0.29, 0.717) is 16.0 Å².